The molecule has 0 radical (unpaired) electrons. The predicted molar refractivity (Wildman–Crippen MR) is 99.0 cm³/mol. The van der Waals surface area contributed by atoms with Crippen molar-refractivity contribution in [3.05, 3.63) is 59.7 Å². The van der Waals surface area contributed by atoms with Gasteiger partial charge in [0, 0.05) is 18.7 Å². The van der Waals surface area contributed by atoms with E-state index in [1.54, 1.807) is 4.90 Å². The second-order valence-electron chi connectivity index (χ2n) is 6.43. The highest BCUT2D eigenvalue weighted by Crippen LogP contribution is 2.27. The van der Waals surface area contributed by atoms with E-state index in [2.05, 4.69) is 0 Å². The Kier molecular flexibility index (Phi) is 5.56. The summed E-state index contributed by atoms with van der Waals surface area (Å²) >= 11 is 0. The maximum absolute atomic E-state index is 12.3. The Hall–Kier alpha value is -2.82. The molecular formula is C21H23NO4. The minimum Gasteiger partial charge on any atom is -0.494 e. The van der Waals surface area contributed by atoms with Gasteiger partial charge in [-0.25, -0.2) is 0 Å². The number of ether oxygens (including phenoxy) is 2. The van der Waals surface area contributed by atoms with Crippen LogP contribution in [0.15, 0.2) is 48.5 Å². The SMILES string of the molecule is CCOc1ccc(N2CC(C(=O)OCc3cccc(C)c3)CC2=O)cc1. The fourth-order valence-corrected chi connectivity index (χ4v) is 3.08. The summed E-state index contributed by atoms with van der Waals surface area (Å²) in [7, 11) is 0. The zero-order valence-electron chi connectivity index (χ0n) is 15.1. The number of carbonyl (C=O) groups is 2. The zero-order valence-corrected chi connectivity index (χ0v) is 15.1. The second kappa shape index (κ2) is 8.04. The van der Waals surface area contributed by atoms with Crippen LogP contribution < -0.4 is 9.64 Å². The summed E-state index contributed by atoms with van der Waals surface area (Å²) in [6, 6.07) is 15.2. The van der Waals surface area contributed by atoms with E-state index in [0.29, 0.717) is 13.2 Å². The lowest BCUT2D eigenvalue weighted by Gasteiger charge is -2.17. The molecule has 2 aromatic carbocycles. The maximum Gasteiger partial charge on any atom is 0.311 e. The van der Waals surface area contributed by atoms with Crippen molar-refractivity contribution >= 4 is 17.6 Å². The Balaban J connectivity index is 1.58. The van der Waals surface area contributed by atoms with Crippen LogP contribution in [0.4, 0.5) is 5.69 Å². The number of esters is 1. The quantitative estimate of drug-likeness (QED) is 0.746. The predicted octanol–water partition coefficient (Wildman–Crippen LogP) is 3.49. The molecule has 1 saturated heterocycles. The van der Waals surface area contributed by atoms with Crippen LogP contribution in [0.5, 0.6) is 5.75 Å². The summed E-state index contributed by atoms with van der Waals surface area (Å²) in [6.07, 6.45) is 0.180. The Morgan fingerprint density at radius 3 is 2.65 bits per heavy atom. The fourth-order valence-electron chi connectivity index (χ4n) is 3.08. The number of benzene rings is 2. The number of hydrogen-bond acceptors (Lipinski definition) is 4. The van der Waals surface area contributed by atoms with Crippen LogP contribution in [-0.2, 0) is 20.9 Å². The molecule has 1 amide bonds. The molecule has 26 heavy (non-hydrogen) atoms. The molecule has 1 heterocycles. The van der Waals surface area contributed by atoms with Crippen LogP contribution in [0.25, 0.3) is 0 Å². The van der Waals surface area contributed by atoms with Crippen molar-refractivity contribution < 1.29 is 19.1 Å². The number of aryl methyl sites for hydroxylation is 1. The highest BCUT2D eigenvalue weighted by molar-refractivity contribution is 5.99. The van der Waals surface area contributed by atoms with Gasteiger partial charge < -0.3 is 14.4 Å². The number of anilines is 1. The molecule has 0 N–H and O–H groups in total. The number of amides is 1. The van der Waals surface area contributed by atoms with Crippen molar-refractivity contribution in [2.45, 2.75) is 26.9 Å². The molecule has 0 aliphatic carbocycles. The van der Waals surface area contributed by atoms with Crippen molar-refractivity contribution in [3.8, 4) is 5.75 Å². The van der Waals surface area contributed by atoms with Gasteiger partial charge in [0.1, 0.15) is 12.4 Å². The van der Waals surface area contributed by atoms with Crippen LogP contribution in [-0.4, -0.2) is 25.0 Å². The average molecular weight is 353 g/mol. The average Bonchev–Trinajstić information content (AvgIpc) is 3.03. The zero-order chi connectivity index (χ0) is 18.5. The monoisotopic (exact) mass is 353 g/mol. The van der Waals surface area contributed by atoms with E-state index >= 15 is 0 Å². The van der Waals surface area contributed by atoms with Gasteiger partial charge in [0.15, 0.2) is 0 Å². The van der Waals surface area contributed by atoms with E-state index < -0.39 is 5.92 Å². The van der Waals surface area contributed by atoms with Crippen molar-refractivity contribution in [2.24, 2.45) is 5.92 Å². The van der Waals surface area contributed by atoms with Gasteiger partial charge in [0.05, 0.1) is 12.5 Å². The Morgan fingerprint density at radius 1 is 1.19 bits per heavy atom. The first kappa shape index (κ1) is 18.0. The van der Waals surface area contributed by atoms with E-state index in [1.165, 1.54) is 0 Å². The van der Waals surface area contributed by atoms with E-state index in [0.717, 1.165) is 22.6 Å². The van der Waals surface area contributed by atoms with Crippen molar-refractivity contribution in [3.63, 3.8) is 0 Å². The van der Waals surface area contributed by atoms with E-state index in [9.17, 15) is 9.59 Å². The summed E-state index contributed by atoms with van der Waals surface area (Å²) in [6.45, 7) is 5.09. The maximum atomic E-state index is 12.3. The molecule has 1 fully saturated rings. The molecule has 5 heteroatoms. The van der Waals surface area contributed by atoms with Gasteiger partial charge in [0.25, 0.3) is 0 Å². The molecule has 1 atom stereocenters. The molecular weight excluding hydrogens is 330 g/mol. The minimum absolute atomic E-state index is 0.0633. The first-order valence-corrected chi connectivity index (χ1v) is 8.82. The first-order chi connectivity index (χ1) is 12.6. The van der Waals surface area contributed by atoms with Crippen molar-refractivity contribution in [1.29, 1.82) is 0 Å². The van der Waals surface area contributed by atoms with Crippen molar-refractivity contribution in [1.82, 2.24) is 0 Å². The summed E-state index contributed by atoms with van der Waals surface area (Å²) < 4.78 is 10.8. The molecule has 2 aromatic rings. The standard InChI is InChI=1S/C21H23NO4/c1-3-25-19-9-7-18(8-10-19)22-13-17(12-20(22)23)21(24)26-14-16-6-4-5-15(2)11-16/h4-11,17H,3,12-14H2,1-2H3. The smallest absolute Gasteiger partial charge is 0.311 e. The molecule has 1 aliphatic rings. The first-order valence-electron chi connectivity index (χ1n) is 8.82. The molecule has 1 unspecified atom stereocenters. The van der Waals surface area contributed by atoms with Crippen LogP contribution in [0.3, 0.4) is 0 Å². The lowest BCUT2D eigenvalue weighted by Crippen LogP contribution is -2.26. The van der Waals surface area contributed by atoms with Gasteiger partial charge in [0.2, 0.25) is 5.91 Å². The van der Waals surface area contributed by atoms with Gasteiger partial charge in [-0.1, -0.05) is 29.8 Å². The number of carbonyl (C=O) groups excluding carboxylic acids is 2. The van der Waals surface area contributed by atoms with Gasteiger partial charge in [-0.3, -0.25) is 9.59 Å². The summed E-state index contributed by atoms with van der Waals surface area (Å²) in [4.78, 5) is 26.3. The summed E-state index contributed by atoms with van der Waals surface area (Å²) in [5.74, 6) is -0.0594. The Labute approximate surface area is 153 Å². The highest BCUT2D eigenvalue weighted by atomic mass is 16.5. The van der Waals surface area contributed by atoms with Gasteiger partial charge in [-0.05, 0) is 43.7 Å². The lowest BCUT2D eigenvalue weighted by molar-refractivity contribution is -0.149. The van der Waals surface area contributed by atoms with Crippen LogP contribution >= 0.6 is 0 Å². The van der Waals surface area contributed by atoms with Crippen molar-refractivity contribution in [2.75, 3.05) is 18.1 Å². The fraction of sp³-hybridized carbons (Fsp3) is 0.333. The number of nitrogens with zero attached hydrogens (tertiary/aromatic N) is 1. The molecule has 0 spiro atoms. The topological polar surface area (TPSA) is 55.8 Å². The van der Waals surface area contributed by atoms with Crippen LogP contribution in [0.2, 0.25) is 0 Å². The highest BCUT2D eigenvalue weighted by Gasteiger charge is 2.36. The molecule has 5 nitrogen and oxygen atoms in total. The number of hydrogen-bond donors (Lipinski definition) is 0. The molecule has 0 saturated carbocycles. The third kappa shape index (κ3) is 4.23. The summed E-state index contributed by atoms with van der Waals surface area (Å²) in [5, 5.41) is 0. The van der Waals surface area contributed by atoms with E-state index in [-0.39, 0.29) is 24.9 Å². The molecule has 0 bridgehead atoms. The third-order valence-electron chi connectivity index (χ3n) is 4.38. The van der Waals surface area contributed by atoms with Gasteiger partial charge in [-0.15, -0.1) is 0 Å². The normalized spacial score (nSPS) is 16.6. The number of rotatable bonds is 6. The molecule has 1 aliphatic heterocycles. The minimum atomic E-state index is -0.432. The second-order valence-corrected chi connectivity index (χ2v) is 6.43. The largest absolute Gasteiger partial charge is 0.494 e. The third-order valence-corrected chi connectivity index (χ3v) is 4.38. The van der Waals surface area contributed by atoms with E-state index in [4.69, 9.17) is 9.47 Å². The Morgan fingerprint density at radius 2 is 1.96 bits per heavy atom. The lowest BCUT2D eigenvalue weighted by atomic mass is 10.1. The van der Waals surface area contributed by atoms with Gasteiger partial charge >= 0.3 is 5.97 Å². The Bertz CT molecular complexity index is 785. The summed E-state index contributed by atoms with van der Waals surface area (Å²) in [5.41, 5.74) is 2.84. The van der Waals surface area contributed by atoms with Crippen LogP contribution in [0.1, 0.15) is 24.5 Å². The van der Waals surface area contributed by atoms with Gasteiger partial charge in [-0.2, -0.15) is 0 Å². The molecule has 0 aromatic heterocycles. The van der Waals surface area contributed by atoms with E-state index in [1.807, 2.05) is 62.4 Å². The molecule has 3 rings (SSSR count). The molecule has 136 valence electrons. The van der Waals surface area contributed by atoms with Crippen LogP contribution in [0, 0.1) is 12.8 Å².